The second-order valence-electron chi connectivity index (χ2n) is 2.38. The molecule has 0 aliphatic heterocycles. The van der Waals surface area contributed by atoms with Crippen molar-refractivity contribution in [2.75, 3.05) is 0 Å². The van der Waals surface area contributed by atoms with E-state index in [-0.39, 0.29) is 0 Å². The Labute approximate surface area is 61.1 Å². The maximum absolute atomic E-state index is 4.06. The Balaban J connectivity index is 2.49. The van der Waals surface area contributed by atoms with Crippen molar-refractivity contribution < 1.29 is 0 Å². The van der Waals surface area contributed by atoms with Gasteiger partial charge in [-0.25, -0.2) is 4.98 Å². The first-order valence-corrected chi connectivity index (χ1v) is 3.69. The van der Waals surface area contributed by atoms with Crippen LogP contribution >= 0.6 is 0 Å². The molecule has 1 rings (SSSR count). The number of hydrogen-bond acceptors (Lipinski definition) is 2. The highest BCUT2D eigenvalue weighted by Gasteiger charge is 1.94. The van der Waals surface area contributed by atoms with Crippen LogP contribution in [0.2, 0.25) is 0 Å². The van der Waals surface area contributed by atoms with E-state index in [0.29, 0.717) is 0 Å². The first-order valence-electron chi connectivity index (χ1n) is 3.69. The zero-order chi connectivity index (χ0) is 7.40. The normalized spacial score (nSPS) is 10.2. The fraction of sp³-hybridized carbons (Fsp3) is 0.714. The summed E-state index contributed by atoms with van der Waals surface area (Å²) >= 11 is 0. The third kappa shape index (κ3) is 1.56. The lowest BCUT2D eigenvalue weighted by Crippen LogP contribution is -2.01. The van der Waals surface area contributed by atoms with Gasteiger partial charge in [0.25, 0.3) is 0 Å². The molecular formula is C7H13N3. The van der Waals surface area contributed by atoms with E-state index >= 15 is 0 Å². The van der Waals surface area contributed by atoms with Crippen LogP contribution in [0.15, 0.2) is 6.33 Å². The van der Waals surface area contributed by atoms with Crippen molar-refractivity contribution >= 4 is 0 Å². The number of hydrogen-bond donors (Lipinski definition) is 0. The van der Waals surface area contributed by atoms with E-state index in [9.17, 15) is 0 Å². The lowest BCUT2D eigenvalue weighted by Gasteiger charge is -1.98. The molecule has 10 heavy (non-hydrogen) atoms. The lowest BCUT2D eigenvalue weighted by molar-refractivity contribution is 0.556. The van der Waals surface area contributed by atoms with Gasteiger partial charge in [0.2, 0.25) is 0 Å². The summed E-state index contributed by atoms with van der Waals surface area (Å²) in [7, 11) is 0. The van der Waals surface area contributed by atoms with Crippen molar-refractivity contribution in [1.29, 1.82) is 0 Å². The summed E-state index contributed by atoms with van der Waals surface area (Å²) in [5, 5.41) is 4.06. The molecule has 3 nitrogen and oxygen atoms in total. The van der Waals surface area contributed by atoms with Crippen LogP contribution in [0.25, 0.3) is 0 Å². The monoisotopic (exact) mass is 139 g/mol. The molecule has 3 heteroatoms. The Bertz CT molecular complexity index is 192. The second kappa shape index (κ2) is 3.34. The molecule has 0 fully saturated rings. The van der Waals surface area contributed by atoms with Crippen molar-refractivity contribution in [1.82, 2.24) is 14.8 Å². The average Bonchev–Trinajstić information content (AvgIpc) is 2.31. The topological polar surface area (TPSA) is 30.7 Å². The molecule has 0 bridgehead atoms. The van der Waals surface area contributed by atoms with Crippen molar-refractivity contribution in [3.63, 3.8) is 0 Å². The number of unbranched alkanes of at least 4 members (excludes halogenated alkanes) is 1. The molecule has 0 N–H and O–H groups in total. The first-order chi connectivity index (χ1) is 4.84. The minimum absolute atomic E-state index is 1.00. The van der Waals surface area contributed by atoms with Crippen LogP contribution in [-0.4, -0.2) is 14.8 Å². The van der Waals surface area contributed by atoms with Gasteiger partial charge in [0, 0.05) is 6.54 Å². The van der Waals surface area contributed by atoms with Gasteiger partial charge in [-0.15, -0.1) is 0 Å². The van der Waals surface area contributed by atoms with E-state index < -0.39 is 0 Å². The molecule has 56 valence electrons. The number of nitrogens with zero attached hydrogens (tertiary/aromatic N) is 3. The van der Waals surface area contributed by atoms with Gasteiger partial charge in [-0.05, 0) is 13.3 Å². The van der Waals surface area contributed by atoms with Crippen LogP contribution in [0.4, 0.5) is 0 Å². The minimum atomic E-state index is 1.00. The summed E-state index contributed by atoms with van der Waals surface area (Å²) in [5.41, 5.74) is 0. The van der Waals surface area contributed by atoms with Crippen molar-refractivity contribution in [2.24, 2.45) is 0 Å². The Morgan fingerprint density at radius 1 is 1.60 bits per heavy atom. The molecular weight excluding hydrogens is 126 g/mol. The molecule has 0 aliphatic carbocycles. The van der Waals surface area contributed by atoms with E-state index in [0.717, 1.165) is 12.4 Å². The van der Waals surface area contributed by atoms with Crippen LogP contribution in [-0.2, 0) is 6.54 Å². The third-order valence-corrected chi connectivity index (χ3v) is 1.53. The van der Waals surface area contributed by atoms with Gasteiger partial charge in [-0.3, -0.25) is 4.68 Å². The summed E-state index contributed by atoms with van der Waals surface area (Å²) in [5.74, 6) is 1.01. The summed E-state index contributed by atoms with van der Waals surface area (Å²) < 4.78 is 1.93. The van der Waals surface area contributed by atoms with Gasteiger partial charge < -0.3 is 0 Å². The zero-order valence-corrected chi connectivity index (χ0v) is 6.54. The van der Waals surface area contributed by atoms with Gasteiger partial charge in [0.05, 0.1) is 0 Å². The van der Waals surface area contributed by atoms with E-state index in [1.165, 1.54) is 12.8 Å². The molecule has 0 aliphatic rings. The van der Waals surface area contributed by atoms with Crippen LogP contribution in [0.5, 0.6) is 0 Å². The number of aryl methyl sites for hydroxylation is 2. The summed E-state index contributed by atoms with van der Waals surface area (Å²) in [6.45, 7) is 5.15. The largest absolute Gasteiger partial charge is 0.250 e. The standard InChI is InChI=1S/C7H13N3/c1-3-4-5-10-7(2)8-6-9-10/h6H,3-5H2,1-2H3. The highest BCUT2D eigenvalue weighted by atomic mass is 15.3. The lowest BCUT2D eigenvalue weighted by atomic mass is 10.3. The number of aromatic nitrogens is 3. The Morgan fingerprint density at radius 3 is 2.90 bits per heavy atom. The Morgan fingerprint density at radius 2 is 2.40 bits per heavy atom. The second-order valence-corrected chi connectivity index (χ2v) is 2.38. The smallest absolute Gasteiger partial charge is 0.138 e. The molecule has 0 aromatic carbocycles. The predicted octanol–water partition coefficient (Wildman–Crippen LogP) is 1.39. The fourth-order valence-corrected chi connectivity index (χ4v) is 0.849. The summed E-state index contributed by atoms with van der Waals surface area (Å²) in [6.07, 6.45) is 3.99. The molecule has 1 heterocycles. The predicted molar refractivity (Wildman–Crippen MR) is 39.7 cm³/mol. The van der Waals surface area contributed by atoms with Gasteiger partial charge in [0.1, 0.15) is 12.2 Å². The zero-order valence-electron chi connectivity index (χ0n) is 6.54. The molecule has 0 atom stereocenters. The average molecular weight is 139 g/mol. The fourth-order valence-electron chi connectivity index (χ4n) is 0.849. The molecule has 0 spiro atoms. The molecule has 0 amide bonds. The highest BCUT2D eigenvalue weighted by molar-refractivity contribution is 4.77. The molecule has 0 unspecified atom stereocenters. The van der Waals surface area contributed by atoms with E-state index in [2.05, 4.69) is 17.0 Å². The van der Waals surface area contributed by atoms with Crippen LogP contribution in [0.3, 0.4) is 0 Å². The van der Waals surface area contributed by atoms with Crippen LogP contribution in [0.1, 0.15) is 25.6 Å². The maximum atomic E-state index is 4.06. The molecule has 0 radical (unpaired) electrons. The Hall–Kier alpha value is -0.860. The Kier molecular flexibility index (Phi) is 2.42. The van der Waals surface area contributed by atoms with Crippen molar-refractivity contribution in [2.45, 2.75) is 33.2 Å². The third-order valence-electron chi connectivity index (χ3n) is 1.53. The quantitative estimate of drug-likeness (QED) is 0.633. The summed E-state index contributed by atoms with van der Waals surface area (Å²) in [6, 6.07) is 0. The highest BCUT2D eigenvalue weighted by Crippen LogP contribution is 1.95. The molecule has 0 saturated carbocycles. The molecule has 1 aromatic heterocycles. The number of rotatable bonds is 3. The summed E-state index contributed by atoms with van der Waals surface area (Å²) in [4.78, 5) is 4.02. The van der Waals surface area contributed by atoms with E-state index in [1.54, 1.807) is 6.33 Å². The van der Waals surface area contributed by atoms with Crippen LogP contribution < -0.4 is 0 Å². The van der Waals surface area contributed by atoms with E-state index in [1.807, 2.05) is 11.6 Å². The maximum Gasteiger partial charge on any atom is 0.138 e. The van der Waals surface area contributed by atoms with Crippen molar-refractivity contribution in [3.8, 4) is 0 Å². The SMILES string of the molecule is CCCCn1ncnc1C. The van der Waals surface area contributed by atoms with Gasteiger partial charge in [-0.1, -0.05) is 13.3 Å². The van der Waals surface area contributed by atoms with Gasteiger partial charge in [0.15, 0.2) is 0 Å². The van der Waals surface area contributed by atoms with Crippen LogP contribution in [0, 0.1) is 6.92 Å². The minimum Gasteiger partial charge on any atom is -0.250 e. The van der Waals surface area contributed by atoms with E-state index in [4.69, 9.17) is 0 Å². The van der Waals surface area contributed by atoms with Crippen molar-refractivity contribution in [3.05, 3.63) is 12.2 Å². The first kappa shape index (κ1) is 7.25. The van der Waals surface area contributed by atoms with Gasteiger partial charge in [-0.2, -0.15) is 5.10 Å². The van der Waals surface area contributed by atoms with Gasteiger partial charge >= 0.3 is 0 Å². The molecule has 0 saturated heterocycles. The molecule has 1 aromatic rings.